The molecule has 2 N–H and O–H groups in total. The number of carbonyl (C=O) groups excluding carboxylic acids is 1. The average Bonchev–Trinajstić information content (AvgIpc) is 2.54. The number of nitrogens with two attached hydrogens (primary N) is 1. The first-order valence-corrected chi connectivity index (χ1v) is 7.95. The topological polar surface area (TPSA) is 64.8 Å². The van der Waals surface area contributed by atoms with Gasteiger partial charge in [-0.3, -0.25) is 4.79 Å². The van der Waals surface area contributed by atoms with Crippen molar-refractivity contribution in [2.24, 2.45) is 5.73 Å². The summed E-state index contributed by atoms with van der Waals surface area (Å²) in [6.07, 6.45) is 3.13. The molecule has 1 saturated heterocycles. The van der Waals surface area contributed by atoms with E-state index in [1.807, 2.05) is 18.7 Å². The van der Waals surface area contributed by atoms with Gasteiger partial charge in [0.15, 0.2) is 11.5 Å². The van der Waals surface area contributed by atoms with Gasteiger partial charge in [-0.1, -0.05) is 0 Å². The maximum Gasteiger partial charge on any atom is 0.254 e. The number of likely N-dealkylation sites (tertiary alicyclic amines) is 1. The van der Waals surface area contributed by atoms with Crippen LogP contribution < -0.4 is 15.2 Å². The second-order valence-electron chi connectivity index (χ2n) is 5.72. The lowest BCUT2D eigenvalue weighted by Gasteiger charge is -2.38. The second kappa shape index (κ2) is 7.49. The van der Waals surface area contributed by atoms with Gasteiger partial charge in [0.05, 0.1) is 13.7 Å². The summed E-state index contributed by atoms with van der Waals surface area (Å²) in [5.74, 6) is 1.26. The molecule has 22 heavy (non-hydrogen) atoms. The highest BCUT2D eigenvalue weighted by Crippen LogP contribution is 2.29. The summed E-state index contributed by atoms with van der Waals surface area (Å²) in [6.45, 7) is 5.21. The van der Waals surface area contributed by atoms with Crippen LogP contribution in [0.15, 0.2) is 18.2 Å². The number of methoxy groups -OCH3 is 1. The minimum atomic E-state index is -0.0196. The fourth-order valence-corrected chi connectivity index (χ4v) is 3.00. The first-order valence-electron chi connectivity index (χ1n) is 7.95. The Morgan fingerprint density at radius 3 is 2.82 bits per heavy atom. The maximum atomic E-state index is 12.8. The van der Waals surface area contributed by atoms with Crippen molar-refractivity contribution in [2.75, 3.05) is 20.3 Å². The molecule has 122 valence electrons. The Labute approximate surface area is 132 Å². The molecular weight excluding hydrogens is 280 g/mol. The third kappa shape index (κ3) is 3.53. The van der Waals surface area contributed by atoms with Gasteiger partial charge < -0.3 is 20.1 Å². The number of rotatable bonds is 5. The summed E-state index contributed by atoms with van der Waals surface area (Å²) in [6, 6.07) is 5.43. The first kappa shape index (κ1) is 16.6. The molecule has 1 aliphatic rings. The van der Waals surface area contributed by atoms with E-state index >= 15 is 0 Å². The zero-order valence-electron chi connectivity index (χ0n) is 13.7. The fraction of sp³-hybridized carbons (Fsp3) is 0.588. The monoisotopic (exact) mass is 306 g/mol. The van der Waals surface area contributed by atoms with Crippen LogP contribution in [0.5, 0.6) is 11.5 Å². The van der Waals surface area contributed by atoms with Crippen molar-refractivity contribution >= 4 is 5.91 Å². The Hall–Kier alpha value is -1.75. The third-order valence-electron chi connectivity index (χ3n) is 4.13. The summed E-state index contributed by atoms with van der Waals surface area (Å²) in [5.41, 5.74) is 6.67. The van der Waals surface area contributed by atoms with Gasteiger partial charge in [0, 0.05) is 24.2 Å². The second-order valence-corrected chi connectivity index (χ2v) is 5.72. The van der Waals surface area contributed by atoms with Crippen molar-refractivity contribution in [1.29, 1.82) is 0 Å². The predicted molar refractivity (Wildman–Crippen MR) is 86.5 cm³/mol. The summed E-state index contributed by atoms with van der Waals surface area (Å²) >= 11 is 0. The minimum Gasteiger partial charge on any atom is -0.493 e. The highest BCUT2D eigenvalue weighted by atomic mass is 16.5. The van der Waals surface area contributed by atoms with Gasteiger partial charge in [-0.05, 0) is 51.3 Å². The van der Waals surface area contributed by atoms with E-state index in [9.17, 15) is 4.79 Å². The number of amides is 1. The molecule has 0 aliphatic carbocycles. The summed E-state index contributed by atoms with van der Waals surface area (Å²) in [7, 11) is 1.58. The highest BCUT2D eigenvalue weighted by Gasteiger charge is 2.30. The van der Waals surface area contributed by atoms with Gasteiger partial charge in [0.2, 0.25) is 0 Å². The van der Waals surface area contributed by atoms with E-state index in [-0.39, 0.29) is 18.0 Å². The van der Waals surface area contributed by atoms with Crippen LogP contribution in [0, 0.1) is 0 Å². The molecule has 0 radical (unpaired) electrons. The lowest BCUT2D eigenvalue weighted by molar-refractivity contribution is 0.0583. The SMILES string of the molecule is CCOc1ccc(C(=O)N2CCCC[C@@H]2[C@@H](C)N)cc1OC. The summed E-state index contributed by atoms with van der Waals surface area (Å²) < 4.78 is 10.8. The number of nitrogens with zero attached hydrogens (tertiary/aromatic N) is 1. The number of hydrogen-bond acceptors (Lipinski definition) is 4. The fourth-order valence-electron chi connectivity index (χ4n) is 3.00. The Morgan fingerprint density at radius 2 is 2.18 bits per heavy atom. The van der Waals surface area contributed by atoms with Gasteiger partial charge in [0.1, 0.15) is 0 Å². The molecule has 0 aromatic heterocycles. The molecule has 1 heterocycles. The zero-order chi connectivity index (χ0) is 16.1. The zero-order valence-corrected chi connectivity index (χ0v) is 13.7. The normalized spacial score (nSPS) is 19.6. The standard InChI is InChI=1S/C17H26N2O3/c1-4-22-15-9-8-13(11-16(15)21-3)17(20)19-10-6-5-7-14(19)12(2)18/h8-9,11-12,14H,4-7,10,18H2,1-3H3/t12-,14-/m1/s1. The average molecular weight is 306 g/mol. The first-order chi connectivity index (χ1) is 10.6. The smallest absolute Gasteiger partial charge is 0.254 e. The summed E-state index contributed by atoms with van der Waals surface area (Å²) in [4.78, 5) is 14.7. The van der Waals surface area contributed by atoms with E-state index in [0.717, 1.165) is 25.8 Å². The number of piperidine rings is 1. The largest absolute Gasteiger partial charge is 0.493 e. The van der Waals surface area contributed by atoms with E-state index in [1.54, 1.807) is 25.3 Å². The number of carbonyl (C=O) groups is 1. The highest BCUT2D eigenvalue weighted by molar-refractivity contribution is 5.95. The molecule has 1 amide bonds. The third-order valence-corrected chi connectivity index (χ3v) is 4.13. The molecule has 0 saturated carbocycles. The number of benzene rings is 1. The van der Waals surface area contributed by atoms with Crippen LogP contribution in [0.1, 0.15) is 43.5 Å². The van der Waals surface area contributed by atoms with Crippen molar-refractivity contribution in [1.82, 2.24) is 4.90 Å². The molecule has 5 nitrogen and oxygen atoms in total. The van der Waals surface area contributed by atoms with Crippen LogP contribution >= 0.6 is 0 Å². The van der Waals surface area contributed by atoms with Crippen molar-refractivity contribution < 1.29 is 14.3 Å². The van der Waals surface area contributed by atoms with Crippen LogP contribution in [0.2, 0.25) is 0 Å². The maximum absolute atomic E-state index is 12.8. The Balaban J connectivity index is 2.24. The van der Waals surface area contributed by atoms with Crippen LogP contribution in [-0.2, 0) is 0 Å². The quantitative estimate of drug-likeness (QED) is 0.907. The van der Waals surface area contributed by atoms with Crippen LogP contribution in [0.25, 0.3) is 0 Å². The summed E-state index contributed by atoms with van der Waals surface area (Å²) in [5, 5.41) is 0. The number of ether oxygens (including phenoxy) is 2. The van der Waals surface area contributed by atoms with Crippen LogP contribution in [0.3, 0.4) is 0 Å². The van der Waals surface area contributed by atoms with Crippen molar-refractivity contribution in [2.45, 2.75) is 45.2 Å². The lowest BCUT2D eigenvalue weighted by Crippen LogP contribution is -2.51. The van der Waals surface area contributed by atoms with E-state index in [2.05, 4.69) is 0 Å². The van der Waals surface area contributed by atoms with Crippen LogP contribution in [-0.4, -0.2) is 43.2 Å². The van der Waals surface area contributed by atoms with Crippen molar-refractivity contribution in [3.63, 3.8) is 0 Å². The Bertz CT molecular complexity index is 517. The molecule has 1 fully saturated rings. The molecule has 1 aliphatic heterocycles. The molecule has 0 bridgehead atoms. The van der Waals surface area contributed by atoms with Gasteiger partial charge in [-0.15, -0.1) is 0 Å². The lowest BCUT2D eigenvalue weighted by atomic mass is 9.96. The molecule has 0 spiro atoms. The Morgan fingerprint density at radius 1 is 1.41 bits per heavy atom. The van der Waals surface area contributed by atoms with Gasteiger partial charge >= 0.3 is 0 Å². The van der Waals surface area contributed by atoms with Crippen LogP contribution in [0.4, 0.5) is 0 Å². The van der Waals surface area contributed by atoms with Crippen molar-refractivity contribution in [3.8, 4) is 11.5 Å². The van der Waals surface area contributed by atoms with E-state index in [4.69, 9.17) is 15.2 Å². The van der Waals surface area contributed by atoms with E-state index in [0.29, 0.717) is 23.7 Å². The predicted octanol–water partition coefficient (Wildman–Crippen LogP) is 2.44. The van der Waals surface area contributed by atoms with Crippen molar-refractivity contribution in [3.05, 3.63) is 23.8 Å². The van der Waals surface area contributed by atoms with Gasteiger partial charge in [-0.2, -0.15) is 0 Å². The molecule has 2 atom stereocenters. The number of hydrogen-bond donors (Lipinski definition) is 1. The molecule has 2 rings (SSSR count). The Kier molecular flexibility index (Phi) is 5.66. The van der Waals surface area contributed by atoms with E-state index in [1.165, 1.54) is 0 Å². The molecule has 1 aromatic carbocycles. The van der Waals surface area contributed by atoms with E-state index < -0.39 is 0 Å². The molecule has 0 unspecified atom stereocenters. The minimum absolute atomic E-state index is 0.0170. The van der Waals surface area contributed by atoms with Gasteiger partial charge in [0.25, 0.3) is 5.91 Å². The molecule has 5 heteroatoms. The van der Waals surface area contributed by atoms with Gasteiger partial charge in [-0.25, -0.2) is 0 Å². The molecule has 1 aromatic rings. The molecular formula is C17H26N2O3.